The van der Waals surface area contributed by atoms with Crippen molar-refractivity contribution in [1.82, 2.24) is 9.97 Å². The Morgan fingerprint density at radius 1 is 1.24 bits per heavy atom. The average Bonchev–Trinajstić information content (AvgIpc) is 2.37. The van der Waals surface area contributed by atoms with Crippen molar-refractivity contribution in [1.29, 1.82) is 0 Å². The van der Waals surface area contributed by atoms with E-state index in [0.717, 1.165) is 5.56 Å². The number of hydrogen-bond donors (Lipinski definition) is 1. The molecule has 1 aromatic heterocycles. The first-order valence-corrected chi connectivity index (χ1v) is 8.45. The van der Waals surface area contributed by atoms with Gasteiger partial charge >= 0.3 is 0 Å². The maximum atomic E-state index is 12.2. The summed E-state index contributed by atoms with van der Waals surface area (Å²) in [5.74, 6) is -0.185. The van der Waals surface area contributed by atoms with E-state index in [1.807, 2.05) is 37.3 Å². The van der Waals surface area contributed by atoms with Crippen molar-refractivity contribution in [3.8, 4) is 0 Å². The summed E-state index contributed by atoms with van der Waals surface area (Å²) in [6.45, 7) is 3.58. The van der Waals surface area contributed by atoms with Gasteiger partial charge in [0.1, 0.15) is 5.15 Å². The van der Waals surface area contributed by atoms with E-state index in [1.54, 1.807) is 13.0 Å². The average molecular weight is 326 g/mol. The first-order chi connectivity index (χ1) is 9.85. The minimum absolute atomic E-state index is 0.000242. The Labute approximate surface area is 129 Å². The van der Waals surface area contributed by atoms with Gasteiger partial charge in [-0.05, 0) is 24.5 Å². The van der Waals surface area contributed by atoms with Gasteiger partial charge in [-0.3, -0.25) is 4.72 Å². The van der Waals surface area contributed by atoms with Gasteiger partial charge in [0.2, 0.25) is 16.0 Å². The Kier molecular flexibility index (Phi) is 4.80. The second kappa shape index (κ2) is 6.41. The summed E-state index contributed by atoms with van der Waals surface area (Å²) in [4.78, 5) is 7.88. The van der Waals surface area contributed by atoms with Crippen molar-refractivity contribution in [2.75, 3.05) is 10.5 Å². The lowest BCUT2D eigenvalue weighted by Gasteiger charge is -2.13. The van der Waals surface area contributed by atoms with Crippen molar-refractivity contribution in [3.05, 3.63) is 52.8 Å². The molecule has 0 aliphatic heterocycles. The zero-order chi connectivity index (χ0) is 15.5. The van der Waals surface area contributed by atoms with Gasteiger partial charge in [-0.1, -0.05) is 48.9 Å². The number of aryl methyl sites for hydroxylation is 1. The van der Waals surface area contributed by atoms with Crippen LogP contribution in [0.25, 0.3) is 0 Å². The molecule has 112 valence electrons. The maximum absolute atomic E-state index is 12.2. The third-order valence-electron chi connectivity index (χ3n) is 2.91. The van der Waals surface area contributed by atoms with Crippen LogP contribution in [-0.4, -0.2) is 24.1 Å². The quantitative estimate of drug-likeness (QED) is 0.858. The van der Waals surface area contributed by atoms with Crippen LogP contribution < -0.4 is 4.72 Å². The zero-order valence-corrected chi connectivity index (χ0v) is 13.3. The van der Waals surface area contributed by atoms with E-state index in [4.69, 9.17) is 11.6 Å². The number of aromatic nitrogens is 2. The molecule has 21 heavy (non-hydrogen) atoms. The number of anilines is 1. The number of nitrogens with one attached hydrogen (secondary N) is 1. The molecule has 0 spiro atoms. The molecule has 1 atom stereocenters. The van der Waals surface area contributed by atoms with Gasteiger partial charge in [0.25, 0.3) is 0 Å². The van der Waals surface area contributed by atoms with Gasteiger partial charge in [-0.2, -0.15) is 0 Å². The molecular weight excluding hydrogens is 310 g/mol. The Morgan fingerprint density at radius 2 is 1.90 bits per heavy atom. The highest BCUT2D eigenvalue weighted by Gasteiger charge is 2.18. The van der Waals surface area contributed by atoms with Crippen molar-refractivity contribution >= 4 is 27.6 Å². The summed E-state index contributed by atoms with van der Waals surface area (Å²) in [5.41, 5.74) is 1.56. The molecule has 0 radical (unpaired) electrons. The SMILES string of the molecule is Cc1cc(Cl)nc(NS(=O)(=O)CC(C)c2ccccc2)n1. The molecule has 1 heterocycles. The lowest BCUT2D eigenvalue weighted by atomic mass is 10.0. The first kappa shape index (κ1) is 15.7. The third-order valence-corrected chi connectivity index (χ3v) is 4.53. The molecule has 0 saturated carbocycles. The van der Waals surface area contributed by atoms with Crippen LogP contribution in [0, 0.1) is 6.92 Å². The van der Waals surface area contributed by atoms with E-state index in [0.29, 0.717) is 5.69 Å². The van der Waals surface area contributed by atoms with Gasteiger partial charge in [0.15, 0.2) is 0 Å². The maximum Gasteiger partial charge on any atom is 0.238 e. The van der Waals surface area contributed by atoms with Crippen molar-refractivity contribution in [3.63, 3.8) is 0 Å². The molecule has 5 nitrogen and oxygen atoms in total. The third kappa shape index (κ3) is 4.68. The fraction of sp³-hybridized carbons (Fsp3) is 0.286. The highest BCUT2D eigenvalue weighted by molar-refractivity contribution is 7.92. The van der Waals surface area contributed by atoms with E-state index in [9.17, 15) is 8.42 Å². The summed E-state index contributed by atoms with van der Waals surface area (Å²) in [6, 6.07) is 11.0. The summed E-state index contributed by atoms with van der Waals surface area (Å²) in [5, 5.41) is 0.205. The molecule has 7 heteroatoms. The van der Waals surface area contributed by atoms with Crippen LogP contribution in [0.4, 0.5) is 5.95 Å². The number of nitrogens with zero attached hydrogens (tertiary/aromatic N) is 2. The highest BCUT2D eigenvalue weighted by atomic mass is 35.5. The fourth-order valence-electron chi connectivity index (χ4n) is 1.96. The summed E-state index contributed by atoms with van der Waals surface area (Å²) in [7, 11) is -3.55. The van der Waals surface area contributed by atoms with Gasteiger partial charge in [-0.15, -0.1) is 0 Å². The second-order valence-corrected chi connectivity index (χ2v) is 7.01. The fourth-order valence-corrected chi connectivity index (χ4v) is 3.50. The molecular formula is C14H16ClN3O2S. The zero-order valence-electron chi connectivity index (χ0n) is 11.7. The summed E-state index contributed by atoms with van der Waals surface area (Å²) < 4.78 is 26.7. The standard InChI is InChI=1S/C14H16ClN3O2S/c1-10(12-6-4-3-5-7-12)9-21(19,20)18-14-16-11(2)8-13(15)17-14/h3-8,10H,9H2,1-2H3,(H,16,17,18). The summed E-state index contributed by atoms with van der Waals surface area (Å²) >= 11 is 5.79. The minimum Gasteiger partial charge on any atom is -0.251 e. The lowest BCUT2D eigenvalue weighted by molar-refractivity contribution is 0.595. The van der Waals surface area contributed by atoms with Gasteiger partial charge in [0, 0.05) is 5.69 Å². The minimum atomic E-state index is -3.55. The van der Waals surface area contributed by atoms with Crippen LogP contribution in [-0.2, 0) is 10.0 Å². The summed E-state index contributed by atoms with van der Waals surface area (Å²) in [6.07, 6.45) is 0. The van der Waals surface area contributed by atoms with Gasteiger partial charge in [-0.25, -0.2) is 18.4 Å². The Hall–Kier alpha value is -1.66. The largest absolute Gasteiger partial charge is 0.251 e. The predicted molar refractivity (Wildman–Crippen MR) is 84.0 cm³/mol. The van der Waals surface area contributed by atoms with Crippen LogP contribution in [0.2, 0.25) is 5.15 Å². The Balaban J connectivity index is 2.12. The molecule has 0 fully saturated rings. The normalized spacial score (nSPS) is 12.9. The van der Waals surface area contributed by atoms with Crippen LogP contribution in [0.3, 0.4) is 0 Å². The number of rotatable bonds is 5. The van der Waals surface area contributed by atoms with Crippen molar-refractivity contribution < 1.29 is 8.42 Å². The van der Waals surface area contributed by atoms with Gasteiger partial charge < -0.3 is 0 Å². The van der Waals surface area contributed by atoms with Crippen LogP contribution in [0.1, 0.15) is 24.1 Å². The molecule has 1 N–H and O–H groups in total. The van der Waals surface area contributed by atoms with Crippen LogP contribution >= 0.6 is 11.6 Å². The number of hydrogen-bond acceptors (Lipinski definition) is 4. The van der Waals surface area contributed by atoms with E-state index in [-0.39, 0.29) is 22.8 Å². The lowest BCUT2D eigenvalue weighted by Crippen LogP contribution is -2.22. The number of sulfonamides is 1. The van der Waals surface area contributed by atoms with E-state index in [2.05, 4.69) is 14.7 Å². The molecule has 1 unspecified atom stereocenters. The topological polar surface area (TPSA) is 72.0 Å². The monoisotopic (exact) mass is 325 g/mol. The number of halogens is 1. The Morgan fingerprint density at radius 3 is 2.52 bits per heavy atom. The number of benzene rings is 1. The second-order valence-electron chi connectivity index (χ2n) is 4.85. The van der Waals surface area contributed by atoms with E-state index in [1.165, 1.54) is 0 Å². The molecule has 0 saturated heterocycles. The first-order valence-electron chi connectivity index (χ1n) is 6.42. The highest BCUT2D eigenvalue weighted by Crippen LogP contribution is 2.18. The molecule has 0 aliphatic carbocycles. The van der Waals surface area contributed by atoms with Crippen LogP contribution in [0.5, 0.6) is 0 Å². The molecule has 2 aromatic rings. The molecule has 0 bridgehead atoms. The predicted octanol–water partition coefficient (Wildman–Crippen LogP) is 2.98. The van der Waals surface area contributed by atoms with E-state index >= 15 is 0 Å². The molecule has 1 aromatic carbocycles. The van der Waals surface area contributed by atoms with Crippen LogP contribution in [0.15, 0.2) is 36.4 Å². The molecule has 2 rings (SSSR count). The smallest absolute Gasteiger partial charge is 0.238 e. The van der Waals surface area contributed by atoms with Gasteiger partial charge in [0.05, 0.1) is 5.75 Å². The van der Waals surface area contributed by atoms with Crippen molar-refractivity contribution in [2.24, 2.45) is 0 Å². The van der Waals surface area contributed by atoms with E-state index < -0.39 is 10.0 Å². The molecule has 0 aliphatic rings. The molecule has 0 amide bonds. The van der Waals surface area contributed by atoms with Crippen molar-refractivity contribution in [2.45, 2.75) is 19.8 Å². The Bertz CT molecular complexity index is 700.